The highest BCUT2D eigenvalue weighted by Crippen LogP contribution is 2.25. The van der Waals surface area contributed by atoms with Gasteiger partial charge in [-0.05, 0) is 38.1 Å². The molecule has 0 fully saturated rings. The lowest BCUT2D eigenvalue weighted by Gasteiger charge is -2.14. The maximum atomic E-state index is 12.5. The highest BCUT2D eigenvalue weighted by molar-refractivity contribution is 8.00. The van der Waals surface area contributed by atoms with E-state index in [1.165, 1.54) is 17.3 Å². The van der Waals surface area contributed by atoms with Crippen molar-refractivity contribution in [1.82, 2.24) is 5.32 Å². The third kappa shape index (κ3) is 5.50. The van der Waals surface area contributed by atoms with Gasteiger partial charge in [0, 0.05) is 11.4 Å². The monoisotopic (exact) mass is 354 g/mol. The molecule has 0 aliphatic rings. The molecule has 130 valence electrons. The second-order valence-electron chi connectivity index (χ2n) is 5.61. The Labute approximate surface area is 152 Å². The molecule has 0 aromatic heterocycles. The van der Waals surface area contributed by atoms with E-state index in [9.17, 15) is 9.59 Å². The predicted molar refractivity (Wildman–Crippen MR) is 104 cm³/mol. The van der Waals surface area contributed by atoms with Gasteiger partial charge < -0.3 is 10.6 Å². The quantitative estimate of drug-likeness (QED) is 0.583. The Morgan fingerprint density at radius 2 is 1.84 bits per heavy atom. The molecule has 2 aromatic rings. The molecule has 1 atom stereocenters. The Balaban J connectivity index is 2.05. The maximum absolute atomic E-state index is 12.5. The van der Waals surface area contributed by atoms with E-state index in [0.717, 1.165) is 4.90 Å². The molecule has 2 aromatic carbocycles. The molecule has 0 heterocycles. The molecule has 2 N–H and O–H groups in total. The normalized spacial score (nSPS) is 11.4. The van der Waals surface area contributed by atoms with Crippen LogP contribution in [0.15, 0.2) is 66.1 Å². The number of para-hydroxylation sites is 1. The number of carbonyl (C=O) groups is 2. The minimum atomic E-state index is -0.285. The smallest absolute Gasteiger partial charge is 0.253 e. The standard InChI is InChI=1S/C20H22N2O2S/c1-4-13-21-20(24)17-7-5-6-8-18(17)22-19(23)15(3)25-16-11-9-14(2)10-12-16/h4-12,15H,1,13H2,2-3H3,(H,21,24)(H,22,23). The van der Waals surface area contributed by atoms with E-state index >= 15 is 0 Å². The van der Waals surface area contributed by atoms with E-state index in [4.69, 9.17) is 0 Å². The van der Waals surface area contributed by atoms with E-state index in [0.29, 0.717) is 17.8 Å². The van der Waals surface area contributed by atoms with Gasteiger partial charge in [-0.2, -0.15) is 0 Å². The second-order valence-corrected chi connectivity index (χ2v) is 7.02. The zero-order valence-corrected chi connectivity index (χ0v) is 15.2. The number of thioether (sulfide) groups is 1. The zero-order chi connectivity index (χ0) is 18.2. The highest BCUT2D eigenvalue weighted by Gasteiger charge is 2.17. The highest BCUT2D eigenvalue weighted by atomic mass is 32.2. The van der Waals surface area contributed by atoms with Gasteiger partial charge >= 0.3 is 0 Å². The van der Waals surface area contributed by atoms with Gasteiger partial charge in [0.25, 0.3) is 5.91 Å². The lowest BCUT2D eigenvalue weighted by atomic mass is 10.1. The van der Waals surface area contributed by atoms with Crippen LogP contribution < -0.4 is 10.6 Å². The van der Waals surface area contributed by atoms with Crippen LogP contribution in [0.5, 0.6) is 0 Å². The zero-order valence-electron chi connectivity index (χ0n) is 14.4. The van der Waals surface area contributed by atoms with Crippen LogP contribution in [0.25, 0.3) is 0 Å². The molecule has 0 saturated heterocycles. The molecule has 0 spiro atoms. The Morgan fingerprint density at radius 3 is 2.52 bits per heavy atom. The molecule has 0 saturated carbocycles. The van der Waals surface area contributed by atoms with Gasteiger partial charge in [-0.15, -0.1) is 18.3 Å². The maximum Gasteiger partial charge on any atom is 0.253 e. The predicted octanol–water partition coefficient (Wildman–Crippen LogP) is 4.03. The molecule has 25 heavy (non-hydrogen) atoms. The van der Waals surface area contributed by atoms with Crippen molar-refractivity contribution in [3.05, 3.63) is 72.3 Å². The van der Waals surface area contributed by atoms with Crippen LogP contribution in [0, 0.1) is 6.92 Å². The van der Waals surface area contributed by atoms with Crippen LogP contribution in [-0.2, 0) is 4.79 Å². The van der Waals surface area contributed by atoms with Crippen LogP contribution in [0.4, 0.5) is 5.69 Å². The fourth-order valence-corrected chi connectivity index (χ4v) is 3.03. The SMILES string of the molecule is C=CCNC(=O)c1ccccc1NC(=O)C(C)Sc1ccc(C)cc1. The summed E-state index contributed by atoms with van der Waals surface area (Å²) in [7, 11) is 0. The molecule has 2 amide bonds. The van der Waals surface area contributed by atoms with Gasteiger partial charge in [0.15, 0.2) is 0 Å². The van der Waals surface area contributed by atoms with E-state index in [-0.39, 0.29) is 17.1 Å². The fraction of sp³-hybridized carbons (Fsp3) is 0.200. The van der Waals surface area contributed by atoms with Gasteiger partial charge in [-0.1, -0.05) is 35.9 Å². The van der Waals surface area contributed by atoms with E-state index in [2.05, 4.69) is 17.2 Å². The first kappa shape index (κ1) is 18.8. The Kier molecular flexibility index (Phi) is 6.83. The van der Waals surface area contributed by atoms with Gasteiger partial charge in [0.2, 0.25) is 5.91 Å². The Morgan fingerprint density at radius 1 is 1.16 bits per heavy atom. The van der Waals surface area contributed by atoms with E-state index in [1.54, 1.807) is 30.3 Å². The van der Waals surface area contributed by atoms with Gasteiger partial charge in [-0.25, -0.2) is 0 Å². The summed E-state index contributed by atoms with van der Waals surface area (Å²) < 4.78 is 0. The first-order valence-corrected chi connectivity index (χ1v) is 8.91. The first-order valence-electron chi connectivity index (χ1n) is 8.03. The average Bonchev–Trinajstić information content (AvgIpc) is 2.62. The second kappa shape index (κ2) is 9.08. The van der Waals surface area contributed by atoms with Crippen LogP contribution in [0.2, 0.25) is 0 Å². The molecule has 0 radical (unpaired) electrons. The van der Waals surface area contributed by atoms with Crippen molar-refractivity contribution in [3.8, 4) is 0 Å². The molecular weight excluding hydrogens is 332 g/mol. The molecule has 0 bridgehead atoms. The summed E-state index contributed by atoms with van der Waals surface area (Å²) in [6.07, 6.45) is 1.61. The van der Waals surface area contributed by atoms with Gasteiger partial charge in [0.1, 0.15) is 0 Å². The molecule has 2 rings (SSSR count). The van der Waals surface area contributed by atoms with E-state index in [1.807, 2.05) is 38.1 Å². The average molecular weight is 354 g/mol. The van der Waals surface area contributed by atoms with E-state index < -0.39 is 0 Å². The summed E-state index contributed by atoms with van der Waals surface area (Å²) in [5, 5.41) is 5.29. The van der Waals surface area contributed by atoms with Crippen molar-refractivity contribution in [3.63, 3.8) is 0 Å². The number of hydrogen-bond acceptors (Lipinski definition) is 3. The molecular formula is C20H22N2O2S. The van der Waals surface area contributed by atoms with Crippen LogP contribution >= 0.6 is 11.8 Å². The third-order valence-corrected chi connectivity index (χ3v) is 4.65. The summed E-state index contributed by atoms with van der Waals surface area (Å²) in [4.78, 5) is 25.7. The lowest BCUT2D eigenvalue weighted by molar-refractivity contribution is -0.115. The molecule has 1 unspecified atom stereocenters. The first-order chi connectivity index (χ1) is 12.0. The van der Waals surface area contributed by atoms with Gasteiger partial charge in [0.05, 0.1) is 16.5 Å². The largest absolute Gasteiger partial charge is 0.349 e. The summed E-state index contributed by atoms with van der Waals surface area (Å²) in [5.41, 5.74) is 2.12. The number of anilines is 1. The number of aryl methyl sites for hydroxylation is 1. The minimum absolute atomic E-state index is 0.144. The number of benzene rings is 2. The van der Waals surface area contributed by atoms with Crippen LogP contribution in [0.3, 0.4) is 0 Å². The molecule has 0 aliphatic heterocycles. The van der Waals surface area contributed by atoms with Crippen molar-refractivity contribution >= 4 is 29.3 Å². The van der Waals surface area contributed by atoms with Crippen molar-refractivity contribution in [2.45, 2.75) is 24.0 Å². The summed E-state index contributed by atoms with van der Waals surface area (Å²) >= 11 is 1.48. The summed E-state index contributed by atoms with van der Waals surface area (Å²) in [6, 6.07) is 15.0. The molecule has 0 aliphatic carbocycles. The number of nitrogens with one attached hydrogen (secondary N) is 2. The molecule has 4 nitrogen and oxygen atoms in total. The van der Waals surface area contributed by atoms with Crippen LogP contribution in [0.1, 0.15) is 22.8 Å². The van der Waals surface area contributed by atoms with Crippen molar-refractivity contribution in [2.24, 2.45) is 0 Å². The van der Waals surface area contributed by atoms with Crippen LogP contribution in [-0.4, -0.2) is 23.6 Å². The topological polar surface area (TPSA) is 58.2 Å². The minimum Gasteiger partial charge on any atom is -0.349 e. The number of amides is 2. The third-order valence-electron chi connectivity index (χ3n) is 3.54. The number of carbonyl (C=O) groups excluding carboxylic acids is 2. The fourth-order valence-electron chi connectivity index (χ4n) is 2.16. The Bertz CT molecular complexity index is 757. The molecule has 5 heteroatoms. The summed E-state index contributed by atoms with van der Waals surface area (Å²) in [5.74, 6) is -0.385. The van der Waals surface area contributed by atoms with Gasteiger partial charge in [-0.3, -0.25) is 9.59 Å². The summed E-state index contributed by atoms with van der Waals surface area (Å²) in [6.45, 7) is 7.83. The number of hydrogen-bond donors (Lipinski definition) is 2. The van der Waals surface area contributed by atoms with Crippen molar-refractivity contribution in [1.29, 1.82) is 0 Å². The lowest BCUT2D eigenvalue weighted by Crippen LogP contribution is -2.27. The van der Waals surface area contributed by atoms with Crippen molar-refractivity contribution in [2.75, 3.05) is 11.9 Å². The Hall–Kier alpha value is -2.53. The van der Waals surface area contributed by atoms with Crippen molar-refractivity contribution < 1.29 is 9.59 Å². The number of rotatable bonds is 7.